The van der Waals surface area contributed by atoms with E-state index in [-0.39, 0.29) is 4.90 Å². The van der Waals surface area contributed by atoms with Crippen molar-refractivity contribution in [3.8, 4) is 5.69 Å². The van der Waals surface area contributed by atoms with Gasteiger partial charge in [0.2, 0.25) is 0 Å². The Morgan fingerprint density at radius 1 is 1.00 bits per heavy atom. The number of rotatable bonds is 5. The van der Waals surface area contributed by atoms with Gasteiger partial charge in [0.05, 0.1) is 22.8 Å². The first kappa shape index (κ1) is 17.6. The Labute approximate surface area is 152 Å². The van der Waals surface area contributed by atoms with Crippen LogP contribution in [-0.4, -0.2) is 24.5 Å². The van der Waals surface area contributed by atoms with Gasteiger partial charge in [-0.1, -0.05) is 30.3 Å². The van der Waals surface area contributed by atoms with Gasteiger partial charge in [-0.15, -0.1) is 11.8 Å². The highest BCUT2D eigenvalue weighted by Crippen LogP contribution is 2.29. The van der Waals surface area contributed by atoms with Crippen LogP contribution in [0.4, 0.5) is 5.69 Å². The van der Waals surface area contributed by atoms with E-state index in [0.717, 1.165) is 10.6 Å². The lowest BCUT2D eigenvalue weighted by molar-refractivity contribution is 0.600. The van der Waals surface area contributed by atoms with Crippen molar-refractivity contribution in [3.63, 3.8) is 0 Å². The summed E-state index contributed by atoms with van der Waals surface area (Å²) in [6.45, 7) is 3.48. The molecule has 1 aromatic heterocycles. The Kier molecular flexibility index (Phi) is 4.87. The highest BCUT2D eigenvalue weighted by Gasteiger charge is 2.25. The molecule has 130 valence electrons. The Hall–Kier alpha value is -2.25. The van der Waals surface area contributed by atoms with Gasteiger partial charge in [-0.05, 0) is 44.4 Å². The summed E-state index contributed by atoms with van der Waals surface area (Å²) in [4.78, 5) is 1.09. The normalized spacial score (nSPS) is 11.5. The number of thioether (sulfide) groups is 1. The Bertz CT molecular complexity index is 996. The molecule has 0 aliphatic heterocycles. The molecule has 0 radical (unpaired) electrons. The van der Waals surface area contributed by atoms with Crippen molar-refractivity contribution in [2.45, 2.75) is 23.6 Å². The average Bonchev–Trinajstić information content (AvgIpc) is 2.91. The summed E-state index contributed by atoms with van der Waals surface area (Å²) in [5, 5.41) is 4.42. The molecule has 0 fully saturated rings. The number of sulfonamides is 1. The predicted molar refractivity (Wildman–Crippen MR) is 102 cm³/mol. The van der Waals surface area contributed by atoms with Gasteiger partial charge in [0.25, 0.3) is 10.0 Å². The maximum atomic E-state index is 13.0. The lowest BCUT2D eigenvalue weighted by Crippen LogP contribution is -2.15. The highest BCUT2D eigenvalue weighted by molar-refractivity contribution is 7.99. The molecule has 0 aliphatic carbocycles. The first-order valence-electron chi connectivity index (χ1n) is 7.71. The molecule has 7 heteroatoms. The Morgan fingerprint density at radius 2 is 1.64 bits per heavy atom. The van der Waals surface area contributed by atoms with E-state index in [1.807, 2.05) is 54.8 Å². The minimum atomic E-state index is -3.74. The molecule has 1 heterocycles. The van der Waals surface area contributed by atoms with Crippen molar-refractivity contribution in [1.82, 2.24) is 9.78 Å². The standard InChI is InChI=1S/C18H19N3O2S2/c1-13-18(14(2)21(19-13)15-9-5-4-6-10-15)25(22,23)20-16-11-7-8-12-17(16)24-3/h4-12,20H,1-3H3. The molecule has 0 atom stereocenters. The van der Waals surface area contributed by atoms with E-state index in [0.29, 0.717) is 17.1 Å². The van der Waals surface area contributed by atoms with Crippen LogP contribution < -0.4 is 4.72 Å². The van der Waals surface area contributed by atoms with Crippen LogP contribution in [0.15, 0.2) is 64.4 Å². The van der Waals surface area contributed by atoms with Crippen molar-refractivity contribution in [2.75, 3.05) is 11.0 Å². The van der Waals surface area contributed by atoms with Crippen molar-refractivity contribution in [2.24, 2.45) is 0 Å². The van der Waals surface area contributed by atoms with E-state index in [1.54, 1.807) is 24.6 Å². The third-order valence-corrected chi connectivity index (χ3v) is 6.26. The van der Waals surface area contributed by atoms with Crippen LogP contribution in [0.5, 0.6) is 0 Å². The van der Waals surface area contributed by atoms with Crippen LogP contribution in [0.3, 0.4) is 0 Å². The van der Waals surface area contributed by atoms with Crippen molar-refractivity contribution < 1.29 is 8.42 Å². The number of hydrogen-bond acceptors (Lipinski definition) is 4. The van der Waals surface area contributed by atoms with E-state index >= 15 is 0 Å². The summed E-state index contributed by atoms with van der Waals surface area (Å²) in [7, 11) is -3.74. The molecular weight excluding hydrogens is 354 g/mol. The molecule has 5 nitrogen and oxygen atoms in total. The highest BCUT2D eigenvalue weighted by atomic mass is 32.2. The lowest BCUT2D eigenvalue weighted by atomic mass is 10.3. The van der Waals surface area contributed by atoms with E-state index in [1.165, 1.54) is 11.8 Å². The summed E-state index contributed by atoms with van der Waals surface area (Å²) in [6, 6.07) is 16.8. The van der Waals surface area contributed by atoms with Crippen molar-refractivity contribution >= 4 is 27.5 Å². The molecule has 0 aliphatic rings. The third-order valence-electron chi connectivity index (χ3n) is 3.85. The zero-order chi connectivity index (χ0) is 18.0. The fourth-order valence-corrected chi connectivity index (χ4v) is 4.86. The van der Waals surface area contributed by atoms with Crippen LogP contribution in [0.1, 0.15) is 11.4 Å². The summed E-state index contributed by atoms with van der Waals surface area (Å²) in [5.41, 5.74) is 2.45. The van der Waals surface area contributed by atoms with E-state index in [9.17, 15) is 8.42 Å². The van der Waals surface area contributed by atoms with Crippen molar-refractivity contribution in [3.05, 3.63) is 66.0 Å². The van der Waals surface area contributed by atoms with Crippen LogP contribution in [-0.2, 0) is 10.0 Å². The molecule has 3 rings (SSSR count). The van der Waals surface area contributed by atoms with Gasteiger partial charge >= 0.3 is 0 Å². The molecule has 0 unspecified atom stereocenters. The van der Waals surface area contributed by atoms with Gasteiger partial charge in [-0.2, -0.15) is 5.10 Å². The second-order valence-corrected chi connectivity index (χ2v) is 8.02. The molecule has 0 amide bonds. The summed E-state index contributed by atoms with van der Waals surface area (Å²) in [6.07, 6.45) is 1.91. The van der Waals surface area contributed by atoms with Crippen LogP contribution >= 0.6 is 11.8 Å². The van der Waals surface area contributed by atoms with Gasteiger partial charge in [-0.25, -0.2) is 13.1 Å². The summed E-state index contributed by atoms with van der Waals surface area (Å²) >= 11 is 1.49. The minimum absolute atomic E-state index is 0.215. The van der Waals surface area contributed by atoms with E-state index in [2.05, 4.69) is 9.82 Å². The number of nitrogens with one attached hydrogen (secondary N) is 1. The fourth-order valence-electron chi connectivity index (χ4n) is 2.76. The van der Waals surface area contributed by atoms with Gasteiger partial charge < -0.3 is 0 Å². The first-order chi connectivity index (χ1) is 11.9. The smallest absolute Gasteiger partial charge is 0.265 e. The van der Waals surface area contributed by atoms with E-state index in [4.69, 9.17) is 0 Å². The minimum Gasteiger partial charge on any atom is -0.278 e. The Morgan fingerprint density at radius 3 is 2.32 bits per heavy atom. The fraction of sp³-hybridized carbons (Fsp3) is 0.167. The maximum absolute atomic E-state index is 13.0. The number of aryl methyl sites for hydroxylation is 1. The van der Waals surface area contributed by atoms with Gasteiger partial charge in [0, 0.05) is 4.90 Å². The number of nitrogens with zero attached hydrogens (tertiary/aromatic N) is 2. The predicted octanol–water partition coefficient (Wildman–Crippen LogP) is 4.01. The zero-order valence-corrected chi connectivity index (χ0v) is 15.9. The second-order valence-electron chi connectivity index (χ2n) is 5.55. The Balaban J connectivity index is 2.05. The SMILES string of the molecule is CSc1ccccc1NS(=O)(=O)c1c(C)nn(-c2ccccc2)c1C. The topological polar surface area (TPSA) is 64.0 Å². The number of benzene rings is 2. The zero-order valence-electron chi connectivity index (χ0n) is 14.2. The number of hydrogen-bond donors (Lipinski definition) is 1. The molecule has 0 bridgehead atoms. The molecule has 2 aromatic carbocycles. The van der Waals surface area contributed by atoms with Crippen LogP contribution in [0.25, 0.3) is 5.69 Å². The van der Waals surface area contributed by atoms with Crippen LogP contribution in [0, 0.1) is 13.8 Å². The number of para-hydroxylation sites is 2. The first-order valence-corrected chi connectivity index (χ1v) is 10.4. The summed E-state index contributed by atoms with van der Waals surface area (Å²) in [5.74, 6) is 0. The molecular formula is C18H19N3O2S2. The monoisotopic (exact) mass is 373 g/mol. The largest absolute Gasteiger partial charge is 0.278 e. The number of aromatic nitrogens is 2. The average molecular weight is 374 g/mol. The molecule has 0 saturated carbocycles. The lowest BCUT2D eigenvalue weighted by Gasteiger charge is -2.11. The third kappa shape index (κ3) is 3.43. The molecule has 0 spiro atoms. The molecule has 1 N–H and O–H groups in total. The second kappa shape index (κ2) is 6.93. The summed E-state index contributed by atoms with van der Waals surface area (Å²) < 4.78 is 30.3. The van der Waals surface area contributed by atoms with E-state index < -0.39 is 10.0 Å². The van der Waals surface area contributed by atoms with Crippen LogP contribution in [0.2, 0.25) is 0 Å². The molecule has 0 saturated heterocycles. The quantitative estimate of drug-likeness (QED) is 0.686. The van der Waals surface area contributed by atoms with Gasteiger partial charge in [0.15, 0.2) is 0 Å². The maximum Gasteiger partial charge on any atom is 0.265 e. The van der Waals surface area contributed by atoms with Gasteiger partial charge in [-0.3, -0.25) is 4.72 Å². The number of anilines is 1. The molecule has 3 aromatic rings. The van der Waals surface area contributed by atoms with Crippen molar-refractivity contribution in [1.29, 1.82) is 0 Å². The van der Waals surface area contributed by atoms with Gasteiger partial charge in [0.1, 0.15) is 4.90 Å². The molecule has 25 heavy (non-hydrogen) atoms.